The van der Waals surface area contributed by atoms with Gasteiger partial charge in [0.2, 0.25) is 0 Å². The Morgan fingerprint density at radius 1 is 1.11 bits per heavy atom. The summed E-state index contributed by atoms with van der Waals surface area (Å²) in [5, 5.41) is 2.99. The van der Waals surface area contributed by atoms with Crippen LogP contribution in [-0.2, 0) is 4.74 Å². The number of piperazine rings is 1. The molecular formula is C18H28N6O3. The van der Waals surface area contributed by atoms with Crippen molar-refractivity contribution in [3.8, 4) is 0 Å². The van der Waals surface area contributed by atoms with E-state index in [4.69, 9.17) is 4.74 Å². The zero-order valence-corrected chi connectivity index (χ0v) is 16.1. The number of amides is 2. The van der Waals surface area contributed by atoms with Gasteiger partial charge in [0, 0.05) is 45.3 Å². The van der Waals surface area contributed by atoms with Gasteiger partial charge in [-0.3, -0.25) is 4.79 Å². The zero-order chi connectivity index (χ0) is 19.2. The average Bonchev–Trinajstić information content (AvgIpc) is 2.69. The lowest BCUT2D eigenvalue weighted by Gasteiger charge is -2.33. The molecule has 0 unspecified atom stereocenters. The van der Waals surface area contributed by atoms with Crippen molar-refractivity contribution < 1.29 is 14.3 Å². The molecule has 2 amide bonds. The number of ether oxygens (including phenoxy) is 1. The molecule has 2 aliphatic heterocycles. The molecule has 2 aliphatic rings. The minimum atomic E-state index is -0.285. The van der Waals surface area contributed by atoms with E-state index in [0.29, 0.717) is 38.2 Å². The van der Waals surface area contributed by atoms with Crippen molar-refractivity contribution in [2.75, 3.05) is 57.8 Å². The van der Waals surface area contributed by atoms with E-state index in [-0.39, 0.29) is 18.0 Å². The van der Waals surface area contributed by atoms with Crippen LogP contribution >= 0.6 is 0 Å². The Kier molecular flexibility index (Phi) is 6.44. The third kappa shape index (κ3) is 5.06. The van der Waals surface area contributed by atoms with Crippen LogP contribution in [0.2, 0.25) is 0 Å². The Morgan fingerprint density at radius 2 is 1.81 bits per heavy atom. The van der Waals surface area contributed by atoms with Crippen LogP contribution in [-0.4, -0.2) is 90.7 Å². The molecule has 3 rings (SSSR count). The van der Waals surface area contributed by atoms with Crippen molar-refractivity contribution in [1.82, 2.24) is 25.1 Å². The van der Waals surface area contributed by atoms with Crippen LogP contribution in [0.15, 0.2) is 12.4 Å². The molecule has 9 heteroatoms. The number of piperidine rings is 1. The van der Waals surface area contributed by atoms with Gasteiger partial charge in [0.05, 0.1) is 19.0 Å². The number of likely N-dealkylation sites (N-methyl/N-ethyl adjacent to an activating group) is 1. The third-order valence-corrected chi connectivity index (χ3v) is 5.05. The van der Waals surface area contributed by atoms with E-state index in [1.165, 1.54) is 6.20 Å². The fraction of sp³-hybridized carbons (Fsp3) is 0.667. The number of anilines is 1. The zero-order valence-electron chi connectivity index (χ0n) is 16.1. The molecule has 27 heavy (non-hydrogen) atoms. The normalized spacial score (nSPS) is 19.0. The van der Waals surface area contributed by atoms with Crippen molar-refractivity contribution in [1.29, 1.82) is 0 Å². The Balaban J connectivity index is 1.48. The third-order valence-electron chi connectivity index (χ3n) is 5.05. The Bertz CT molecular complexity index is 637. The molecule has 2 saturated heterocycles. The number of carbonyl (C=O) groups is 2. The Labute approximate surface area is 159 Å². The van der Waals surface area contributed by atoms with Crippen molar-refractivity contribution in [2.24, 2.45) is 0 Å². The second-order valence-corrected chi connectivity index (χ2v) is 6.98. The van der Waals surface area contributed by atoms with Gasteiger partial charge in [-0.15, -0.1) is 0 Å². The fourth-order valence-electron chi connectivity index (χ4n) is 3.32. The monoisotopic (exact) mass is 376 g/mol. The smallest absolute Gasteiger partial charge is 0.409 e. The van der Waals surface area contributed by atoms with Crippen molar-refractivity contribution >= 4 is 17.8 Å². The summed E-state index contributed by atoms with van der Waals surface area (Å²) in [6, 6.07) is 0.0299. The topological polar surface area (TPSA) is 90.9 Å². The highest BCUT2D eigenvalue weighted by molar-refractivity contribution is 5.92. The number of nitrogens with one attached hydrogen (secondary N) is 1. The van der Waals surface area contributed by atoms with E-state index in [9.17, 15) is 9.59 Å². The lowest BCUT2D eigenvalue weighted by molar-refractivity contribution is 0.0856. The molecular weight excluding hydrogens is 348 g/mol. The fourth-order valence-corrected chi connectivity index (χ4v) is 3.32. The van der Waals surface area contributed by atoms with Crippen LogP contribution < -0.4 is 10.2 Å². The quantitative estimate of drug-likeness (QED) is 0.822. The number of aromatic nitrogens is 2. The van der Waals surface area contributed by atoms with Gasteiger partial charge in [0.1, 0.15) is 11.5 Å². The predicted octanol–water partition coefficient (Wildman–Crippen LogP) is 0.579. The van der Waals surface area contributed by atoms with Crippen LogP contribution in [0.25, 0.3) is 0 Å². The Hall–Kier alpha value is -2.42. The van der Waals surface area contributed by atoms with Crippen molar-refractivity contribution in [3.05, 3.63) is 18.1 Å². The molecule has 0 spiro atoms. The Morgan fingerprint density at radius 3 is 2.41 bits per heavy atom. The lowest BCUT2D eigenvalue weighted by Crippen LogP contribution is -2.47. The minimum absolute atomic E-state index is 0.0299. The minimum Gasteiger partial charge on any atom is -0.450 e. The van der Waals surface area contributed by atoms with Crippen molar-refractivity contribution in [3.63, 3.8) is 0 Å². The van der Waals surface area contributed by atoms with Gasteiger partial charge in [-0.25, -0.2) is 14.8 Å². The number of nitrogens with zero attached hydrogens (tertiary/aromatic N) is 5. The van der Waals surface area contributed by atoms with Crippen LogP contribution in [0.5, 0.6) is 0 Å². The highest BCUT2D eigenvalue weighted by atomic mass is 16.6. The number of likely N-dealkylation sites (tertiary alicyclic amines) is 1. The van der Waals surface area contributed by atoms with Gasteiger partial charge in [-0.05, 0) is 26.8 Å². The molecule has 1 aromatic rings. The number of hydrogen-bond donors (Lipinski definition) is 1. The first-order chi connectivity index (χ1) is 13.1. The number of hydrogen-bond acceptors (Lipinski definition) is 7. The maximum absolute atomic E-state index is 12.4. The molecule has 0 atom stereocenters. The van der Waals surface area contributed by atoms with Crippen LogP contribution in [0.1, 0.15) is 30.3 Å². The summed E-state index contributed by atoms with van der Waals surface area (Å²) in [4.78, 5) is 39.0. The van der Waals surface area contributed by atoms with E-state index in [0.717, 1.165) is 32.0 Å². The van der Waals surface area contributed by atoms with Gasteiger partial charge in [0.25, 0.3) is 5.91 Å². The summed E-state index contributed by atoms with van der Waals surface area (Å²) >= 11 is 0. The lowest BCUT2D eigenvalue weighted by atomic mass is 10.1. The second kappa shape index (κ2) is 8.98. The largest absolute Gasteiger partial charge is 0.450 e. The van der Waals surface area contributed by atoms with Gasteiger partial charge in [0.15, 0.2) is 0 Å². The first kappa shape index (κ1) is 19.3. The molecule has 0 aliphatic carbocycles. The average molecular weight is 376 g/mol. The molecule has 2 fully saturated rings. The molecule has 9 nitrogen and oxygen atoms in total. The van der Waals surface area contributed by atoms with E-state index in [1.54, 1.807) is 18.0 Å². The maximum Gasteiger partial charge on any atom is 0.409 e. The van der Waals surface area contributed by atoms with Gasteiger partial charge in [-0.2, -0.15) is 0 Å². The van der Waals surface area contributed by atoms with Gasteiger partial charge >= 0.3 is 6.09 Å². The van der Waals surface area contributed by atoms with Crippen LogP contribution in [0.3, 0.4) is 0 Å². The predicted molar refractivity (Wildman–Crippen MR) is 101 cm³/mol. The number of carbonyl (C=O) groups excluding carboxylic acids is 2. The first-order valence-electron chi connectivity index (χ1n) is 9.55. The molecule has 0 aromatic carbocycles. The summed E-state index contributed by atoms with van der Waals surface area (Å²) in [6.07, 6.45) is 4.34. The summed E-state index contributed by atoms with van der Waals surface area (Å²) in [5.41, 5.74) is 0.320. The van der Waals surface area contributed by atoms with Crippen LogP contribution in [0.4, 0.5) is 10.6 Å². The standard InChI is InChI=1S/C18H28N6O3/c1-3-27-18(26)24-6-4-14(5-7-24)21-17(25)15-12-20-16(13-19-15)23-10-8-22(2)9-11-23/h12-14H,3-11H2,1-2H3,(H,21,25). The second-order valence-electron chi connectivity index (χ2n) is 6.98. The SMILES string of the molecule is CCOC(=O)N1CCC(NC(=O)c2cnc(N3CCN(C)CC3)cn2)CC1. The highest BCUT2D eigenvalue weighted by Gasteiger charge is 2.25. The van der Waals surface area contributed by atoms with Crippen LogP contribution in [0, 0.1) is 0 Å². The molecule has 0 saturated carbocycles. The molecule has 1 aromatic heterocycles. The molecule has 1 N–H and O–H groups in total. The summed E-state index contributed by atoms with van der Waals surface area (Å²) in [6.45, 7) is 7.14. The van der Waals surface area contributed by atoms with E-state index in [1.807, 2.05) is 0 Å². The van der Waals surface area contributed by atoms with E-state index < -0.39 is 0 Å². The first-order valence-corrected chi connectivity index (χ1v) is 9.55. The maximum atomic E-state index is 12.4. The van der Waals surface area contributed by atoms with Gasteiger partial charge in [-0.1, -0.05) is 0 Å². The van der Waals surface area contributed by atoms with Crippen molar-refractivity contribution in [2.45, 2.75) is 25.8 Å². The summed E-state index contributed by atoms with van der Waals surface area (Å²) < 4.78 is 5.01. The molecule has 3 heterocycles. The summed E-state index contributed by atoms with van der Waals surface area (Å²) in [5.74, 6) is 0.587. The molecule has 0 bridgehead atoms. The summed E-state index contributed by atoms with van der Waals surface area (Å²) in [7, 11) is 2.10. The molecule has 148 valence electrons. The van der Waals surface area contributed by atoms with Gasteiger partial charge < -0.3 is 24.8 Å². The molecule has 0 radical (unpaired) electrons. The van der Waals surface area contributed by atoms with E-state index in [2.05, 4.69) is 32.1 Å². The highest BCUT2D eigenvalue weighted by Crippen LogP contribution is 2.14. The number of rotatable bonds is 4. The van der Waals surface area contributed by atoms with E-state index >= 15 is 0 Å².